The molecular weight excluding hydrogens is 320 g/mol. The van der Waals surface area contributed by atoms with Crippen LogP contribution >= 0.6 is 15.9 Å². The Labute approximate surface area is 125 Å². The Hall–Kier alpha value is -1.82. The van der Waals surface area contributed by atoms with E-state index in [1.54, 1.807) is 6.20 Å². The fourth-order valence-corrected chi connectivity index (χ4v) is 2.19. The molecule has 0 aliphatic rings. The molecule has 0 atom stereocenters. The molecule has 0 bridgehead atoms. The van der Waals surface area contributed by atoms with Crippen LogP contribution in [0.1, 0.15) is 25.5 Å². The summed E-state index contributed by atoms with van der Waals surface area (Å²) in [6.07, 6.45) is 1.66. The van der Waals surface area contributed by atoms with Gasteiger partial charge in [0, 0.05) is 12.2 Å². The first-order valence-corrected chi connectivity index (χ1v) is 7.14. The molecule has 20 heavy (non-hydrogen) atoms. The van der Waals surface area contributed by atoms with Crippen molar-refractivity contribution in [2.24, 2.45) is 0 Å². The van der Waals surface area contributed by atoms with Gasteiger partial charge in [-0.25, -0.2) is 4.68 Å². The zero-order valence-electron chi connectivity index (χ0n) is 11.4. The molecule has 1 heterocycles. The van der Waals surface area contributed by atoms with Gasteiger partial charge in [-0.05, 0) is 47.5 Å². The van der Waals surface area contributed by atoms with Crippen LogP contribution in [0.15, 0.2) is 39.7 Å². The van der Waals surface area contributed by atoms with E-state index in [4.69, 9.17) is 5.73 Å². The molecule has 2 aromatic rings. The normalized spacial score (nSPS) is 10.8. The molecule has 6 heteroatoms. The molecule has 106 valence electrons. The SMILES string of the molecule is CC(C)n1ncc(NCc2ccc(N)cc2)c(Br)c1=O. The van der Waals surface area contributed by atoms with Crippen LogP contribution < -0.4 is 16.6 Å². The molecule has 3 N–H and O–H groups in total. The predicted molar refractivity (Wildman–Crippen MR) is 84.8 cm³/mol. The van der Waals surface area contributed by atoms with Crippen molar-refractivity contribution in [1.82, 2.24) is 9.78 Å². The Kier molecular flexibility index (Phi) is 4.44. The zero-order chi connectivity index (χ0) is 14.7. The molecule has 1 aromatic heterocycles. The summed E-state index contributed by atoms with van der Waals surface area (Å²) in [6, 6.07) is 7.62. The lowest BCUT2D eigenvalue weighted by Crippen LogP contribution is -2.26. The largest absolute Gasteiger partial charge is 0.399 e. The fraction of sp³-hybridized carbons (Fsp3) is 0.286. The molecule has 0 saturated heterocycles. The van der Waals surface area contributed by atoms with Crippen molar-refractivity contribution >= 4 is 27.3 Å². The Morgan fingerprint density at radius 1 is 1.35 bits per heavy atom. The number of benzene rings is 1. The summed E-state index contributed by atoms with van der Waals surface area (Å²) in [7, 11) is 0. The second-order valence-corrected chi connectivity index (χ2v) is 5.60. The maximum atomic E-state index is 12.1. The minimum Gasteiger partial charge on any atom is -0.399 e. The minimum atomic E-state index is -0.137. The number of hydrogen-bond acceptors (Lipinski definition) is 4. The standard InChI is InChI=1S/C14H17BrN4O/c1-9(2)19-14(20)13(15)12(8-18-19)17-7-10-3-5-11(16)6-4-10/h3-6,8-9,17H,7,16H2,1-2H3. The van der Waals surface area contributed by atoms with Gasteiger partial charge in [-0.2, -0.15) is 5.10 Å². The van der Waals surface area contributed by atoms with E-state index in [0.717, 1.165) is 11.3 Å². The first-order chi connectivity index (χ1) is 9.49. The van der Waals surface area contributed by atoms with Crippen LogP contribution in [-0.2, 0) is 6.54 Å². The summed E-state index contributed by atoms with van der Waals surface area (Å²) >= 11 is 3.33. The fourth-order valence-electron chi connectivity index (χ4n) is 1.77. The first kappa shape index (κ1) is 14.6. The van der Waals surface area contributed by atoms with Crippen LogP contribution in [0.3, 0.4) is 0 Å². The molecule has 0 aliphatic carbocycles. The lowest BCUT2D eigenvalue weighted by molar-refractivity contribution is 0.501. The second kappa shape index (κ2) is 6.09. The lowest BCUT2D eigenvalue weighted by atomic mass is 10.2. The van der Waals surface area contributed by atoms with Gasteiger partial charge in [-0.15, -0.1) is 0 Å². The average Bonchev–Trinajstić information content (AvgIpc) is 2.42. The molecular formula is C14H17BrN4O. The molecule has 0 amide bonds. The number of nitrogen functional groups attached to an aromatic ring is 1. The van der Waals surface area contributed by atoms with Gasteiger partial charge in [0.1, 0.15) is 4.47 Å². The molecule has 0 fully saturated rings. The van der Waals surface area contributed by atoms with E-state index in [-0.39, 0.29) is 11.6 Å². The highest BCUT2D eigenvalue weighted by Crippen LogP contribution is 2.18. The molecule has 0 saturated carbocycles. The summed E-state index contributed by atoms with van der Waals surface area (Å²) in [5.74, 6) is 0. The highest BCUT2D eigenvalue weighted by atomic mass is 79.9. The van der Waals surface area contributed by atoms with Crippen LogP contribution in [0, 0.1) is 0 Å². The van der Waals surface area contributed by atoms with Crippen LogP contribution in [0.5, 0.6) is 0 Å². The van der Waals surface area contributed by atoms with Crippen molar-refractivity contribution in [1.29, 1.82) is 0 Å². The van der Waals surface area contributed by atoms with Gasteiger partial charge in [-0.3, -0.25) is 4.79 Å². The zero-order valence-corrected chi connectivity index (χ0v) is 13.0. The number of nitrogens with two attached hydrogens (primary N) is 1. The van der Waals surface area contributed by atoms with E-state index >= 15 is 0 Å². The predicted octanol–water partition coefficient (Wildman–Crippen LogP) is 2.78. The summed E-state index contributed by atoms with van der Waals surface area (Å²) < 4.78 is 1.94. The van der Waals surface area contributed by atoms with Crippen molar-refractivity contribution in [2.45, 2.75) is 26.4 Å². The average molecular weight is 337 g/mol. The maximum Gasteiger partial charge on any atom is 0.283 e. The minimum absolute atomic E-state index is 0.0324. The van der Waals surface area contributed by atoms with Crippen molar-refractivity contribution in [3.05, 3.63) is 50.9 Å². The molecule has 0 aliphatic heterocycles. The highest BCUT2D eigenvalue weighted by Gasteiger charge is 2.10. The van der Waals surface area contributed by atoms with Gasteiger partial charge in [-0.1, -0.05) is 12.1 Å². The van der Waals surface area contributed by atoms with Crippen molar-refractivity contribution < 1.29 is 0 Å². The third-order valence-corrected chi connectivity index (χ3v) is 3.66. The van der Waals surface area contributed by atoms with Gasteiger partial charge in [0.25, 0.3) is 5.56 Å². The monoisotopic (exact) mass is 336 g/mol. The van der Waals surface area contributed by atoms with Gasteiger partial charge < -0.3 is 11.1 Å². The van der Waals surface area contributed by atoms with Gasteiger partial charge in [0.2, 0.25) is 0 Å². The number of hydrogen-bond donors (Lipinski definition) is 2. The lowest BCUT2D eigenvalue weighted by Gasteiger charge is -2.12. The van der Waals surface area contributed by atoms with E-state index in [0.29, 0.717) is 16.7 Å². The van der Waals surface area contributed by atoms with Crippen LogP contribution in [0.2, 0.25) is 0 Å². The van der Waals surface area contributed by atoms with Crippen molar-refractivity contribution in [2.75, 3.05) is 11.1 Å². The number of nitrogens with one attached hydrogen (secondary N) is 1. The van der Waals surface area contributed by atoms with E-state index in [1.165, 1.54) is 4.68 Å². The van der Waals surface area contributed by atoms with Gasteiger partial charge >= 0.3 is 0 Å². The summed E-state index contributed by atoms with van der Waals surface area (Å²) in [6.45, 7) is 4.44. The molecule has 2 rings (SSSR count). The Balaban J connectivity index is 2.16. The topological polar surface area (TPSA) is 72.9 Å². The number of halogens is 1. The van der Waals surface area contributed by atoms with Crippen LogP contribution in [0.25, 0.3) is 0 Å². The third-order valence-electron chi connectivity index (χ3n) is 2.90. The third kappa shape index (κ3) is 3.19. The van der Waals surface area contributed by atoms with E-state index in [2.05, 4.69) is 26.3 Å². The van der Waals surface area contributed by atoms with E-state index in [9.17, 15) is 4.79 Å². The van der Waals surface area contributed by atoms with Gasteiger partial charge in [0.05, 0.1) is 17.9 Å². The number of nitrogens with zero attached hydrogens (tertiary/aromatic N) is 2. The van der Waals surface area contributed by atoms with Gasteiger partial charge in [0.15, 0.2) is 0 Å². The molecule has 5 nitrogen and oxygen atoms in total. The van der Waals surface area contributed by atoms with E-state index < -0.39 is 0 Å². The number of anilines is 2. The smallest absolute Gasteiger partial charge is 0.283 e. The summed E-state index contributed by atoms with van der Waals surface area (Å²) in [5.41, 5.74) is 8.00. The summed E-state index contributed by atoms with van der Waals surface area (Å²) in [5, 5.41) is 7.35. The Bertz CT molecular complexity index is 649. The Morgan fingerprint density at radius 3 is 2.60 bits per heavy atom. The van der Waals surface area contributed by atoms with Crippen LogP contribution in [-0.4, -0.2) is 9.78 Å². The quantitative estimate of drug-likeness (QED) is 0.842. The summed E-state index contributed by atoms with van der Waals surface area (Å²) in [4.78, 5) is 12.1. The number of rotatable bonds is 4. The Morgan fingerprint density at radius 2 is 2.00 bits per heavy atom. The van der Waals surface area contributed by atoms with E-state index in [1.807, 2.05) is 38.1 Å². The molecule has 0 radical (unpaired) electrons. The van der Waals surface area contributed by atoms with Crippen LogP contribution in [0.4, 0.5) is 11.4 Å². The molecule has 1 aromatic carbocycles. The van der Waals surface area contributed by atoms with Crippen molar-refractivity contribution in [3.8, 4) is 0 Å². The maximum absolute atomic E-state index is 12.1. The van der Waals surface area contributed by atoms with Crippen molar-refractivity contribution in [3.63, 3.8) is 0 Å². The highest BCUT2D eigenvalue weighted by molar-refractivity contribution is 9.10. The molecule has 0 spiro atoms. The number of aromatic nitrogens is 2. The second-order valence-electron chi connectivity index (χ2n) is 4.81. The first-order valence-electron chi connectivity index (χ1n) is 6.34. The molecule has 0 unspecified atom stereocenters.